The topological polar surface area (TPSA) is 39.9 Å². The molecule has 1 atom stereocenters. The van der Waals surface area contributed by atoms with Crippen molar-refractivity contribution < 1.29 is 0 Å². The van der Waals surface area contributed by atoms with Gasteiger partial charge in [0.2, 0.25) is 0 Å². The number of halogens is 2. The van der Waals surface area contributed by atoms with Crippen LogP contribution in [-0.4, -0.2) is 30.5 Å². The van der Waals surface area contributed by atoms with Crippen LogP contribution in [0.4, 0.5) is 0 Å². The van der Waals surface area contributed by atoms with E-state index in [-0.39, 0.29) is 12.4 Å². The predicted molar refractivity (Wildman–Crippen MR) is 92.5 cm³/mol. The van der Waals surface area contributed by atoms with E-state index in [4.69, 9.17) is 11.6 Å². The number of nitriles is 1. The van der Waals surface area contributed by atoms with Gasteiger partial charge in [-0.05, 0) is 56.9 Å². The van der Waals surface area contributed by atoms with Crippen molar-refractivity contribution in [2.24, 2.45) is 0 Å². The number of hydrogen-bond acceptors (Lipinski definition) is 3. The maximum atomic E-state index is 9.92. The van der Waals surface area contributed by atoms with Crippen LogP contribution in [0, 0.1) is 11.3 Å². The summed E-state index contributed by atoms with van der Waals surface area (Å²) in [5, 5.41) is 10.6. The average Bonchev–Trinajstić information content (AvgIpc) is 2.51. The van der Waals surface area contributed by atoms with Crippen molar-refractivity contribution in [3.63, 3.8) is 0 Å². The highest BCUT2D eigenvalue weighted by Gasteiger charge is 2.35. The number of pyridine rings is 1. The monoisotopic (exact) mass is 335 g/mol. The molecule has 0 radical (unpaired) electrons. The largest absolute Gasteiger partial charge is 0.309 e. The Morgan fingerprint density at radius 2 is 1.86 bits per heavy atom. The molecular weight excluding hydrogens is 317 g/mol. The van der Waals surface area contributed by atoms with Crippen LogP contribution in [-0.2, 0) is 5.41 Å². The van der Waals surface area contributed by atoms with E-state index >= 15 is 0 Å². The van der Waals surface area contributed by atoms with Gasteiger partial charge in [-0.15, -0.1) is 12.4 Å². The van der Waals surface area contributed by atoms with Crippen LogP contribution >= 0.6 is 24.0 Å². The molecule has 2 aromatic rings. The lowest BCUT2D eigenvalue weighted by atomic mass is 9.75. The SMILES string of the molecule is CN(C)CC[C@@](C#N)(c1ccc(Cl)cc1)c1ccccn1.Cl. The van der Waals surface area contributed by atoms with Gasteiger partial charge in [0, 0.05) is 11.2 Å². The van der Waals surface area contributed by atoms with E-state index in [2.05, 4.69) is 16.0 Å². The fourth-order valence-electron chi connectivity index (χ4n) is 2.34. The maximum absolute atomic E-state index is 9.92. The molecule has 0 bridgehead atoms. The molecule has 1 heterocycles. The Morgan fingerprint density at radius 3 is 2.36 bits per heavy atom. The highest BCUT2D eigenvalue weighted by Crippen LogP contribution is 2.34. The van der Waals surface area contributed by atoms with Crippen LogP contribution in [0.25, 0.3) is 0 Å². The predicted octanol–water partition coefficient (Wildman–Crippen LogP) is 3.92. The first-order valence-corrected chi connectivity index (χ1v) is 7.20. The molecule has 1 aromatic carbocycles. The summed E-state index contributed by atoms with van der Waals surface area (Å²) >= 11 is 5.97. The first-order valence-electron chi connectivity index (χ1n) is 6.82. The molecule has 0 saturated heterocycles. The summed E-state index contributed by atoms with van der Waals surface area (Å²) in [6.07, 6.45) is 2.40. The molecule has 5 heteroatoms. The van der Waals surface area contributed by atoms with E-state index < -0.39 is 5.41 Å². The summed E-state index contributed by atoms with van der Waals surface area (Å²) in [6.45, 7) is 0.798. The lowest BCUT2D eigenvalue weighted by Crippen LogP contribution is -2.31. The van der Waals surface area contributed by atoms with Gasteiger partial charge >= 0.3 is 0 Å². The third-order valence-electron chi connectivity index (χ3n) is 3.56. The molecule has 0 amide bonds. The Balaban J connectivity index is 0.00000242. The minimum atomic E-state index is -0.754. The fourth-order valence-corrected chi connectivity index (χ4v) is 2.46. The lowest BCUT2D eigenvalue weighted by molar-refractivity contribution is 0.369. The summed E-state index contributed by atoms with van der Waals surface area (Å²) in [7, 11) is 4.00. The second-order valence-electron chi connectivity index (χ2n) is 5.29. The molecule has 0 aliphatic carbocycles. The molecular formula is C17H19Cl2N3. The molecule has 3 nitrogen and oxygen atoms in total. The number of rotatable bonds is 5. The third-order valence-corrected chi connectivity index (χ3v) is 3.82. The van der Waals surface area contributed by atoms with E-state index in [1.165, 1.54) is 0 Å². The van der Waals surface area contributed by atoms with Gasteiger partial charge in [-0.1, -0.05) is 29.8 Å². The van der Waals surface area contributed by atoms with Gasteiger partial charge < -0.3 is 4.90 Å². The van der Waals surface area contributed by atoms with Gasteiger partial charge in [0.05, 0.1) is 11.8 Å². The van der Waals surface area contributed by atoms with Crippen LogP contribution in [0.1, 0.15) is 17.7 Å². The smallest absolute Gasteiger partial charge is 0.125 e. The molecule has 2 rings (SSSR count). The quantitative estimate of drug-likeness (QED) is 0.831. The number of hydrogen-bond donors (Lipinski definition) is 0. The first kappa shape index (κ1) is 18.4. The van der Waals surface area contributed by atoms with Crippen molar-refractivity contribution in [2.75, 3.05) is 20.6 Å². The van der Waals surface area contributed by atoms with Crippen molar-refractivity contribution >= 4 is 24.0 Å². The highest BCUT2D eigenvalue weighted by molar-refractivity contribution is 6.30. The molecule has 0 aliphatic heterocycles. The molecule has 1 aromatic heterocycles. The normalized spacial score (nSPS) is 13.0. The lowest BCUT2D eigenvalue weighted by Gasteiger charge is -2.28. The van der Waals surface area contributed by atoms with E-state index in [9.17, 15) is 5.26 Å². The molecule has 0 unspecified atom stereocenters. The molecule has 0 spiro atoms. The van der Waals surface area contributed by atoms with Gasteiger partial charge in [0.1, 0.15) is 5.41 Å². The van der Waals surface area contributed by atoms with Crippen molar-refractivity contribution in [1.29, 1.82) is 5.26 Å². The van der Waals surface area contributed by atoms with Gasteiger partial charge in [-0.3, -0.25) is 4.98 Å². The maximum Gasteiger partial charge on any atom is 0.125 e. The summed E-state index contributed by atoms with van der Waals surface area (Å²) in [5.74, 6) is 0. The van der Waals surface area contributed by atoms with Gasteiger partial charge in [0.15, 0.2) is 0 Å². The summed E-state index contributed by atoms with van der Waals surface area (Å²) in [6, 6.07) is 15.6. The zero-order valence-electron chi connectivity index (χ0n) is 12.7. The standard InChI is InChI=1S/C17H18ClN3.ClH/c1-21(2)12-10-17(13-19,16-5-3-4-11-20-16)14-6-8-15(18)9-7-14;/h3-9,11H,10,12H2,1-2H3;1H/t17-;/m1./s1. The van der Waals surface area contributed by atoms with Crippen LogP contribution in [0.3, 0.4) is 0 Å². The summed E-state index contributed by atoms with van der Waals surface area (Å²) < 4.78 is 0. The Bertz CT molecular complexity index is 621. The fraction of sp³-hybridized carbons (Fsp3) is 0.294. The van der Waals surface area contributed by atoms with Crippen molar-refractivity contribution in [1.82, 2.24) is 9.88 Å². The molecule has 0 saturated carbocycles. The van der Waals surface area contributed by atoms with E-state index in [1.54, 1.807) is 6.20 Å². The zero-order chi connectivity index (χ0) is 15.3. The molecule has 116 valence electrons. The number of aromatic nitrogens is 1. The summed E-state index contributed by atoms with van der Waals surface area (Å²) in [5.41, 5.74) is 0.947. The van der Waals surface area contributed by atoms with E-state index in [0.29, 0.717) is 11.4 Å². The van der Waals surface area contributed by atoms with Crippen LogP contribution < -0.4 is 0 Å². The molecule has 0 aliphatic rings. The highest BCUT2D eigenvalue weighted by atomic mass is 35.5. The van der Waals surface area contributed by atoms with Crippen LogP contribution in [0.2, 0.25) is 5.02 Å². The summed E-state index contributed by atoms with van der Waals surface area (Å²) in [4.78, 5) is 6.50. The molecule has 22 heavy (non-hydrogen) atoms. The van der Waals surface area contributed by atoms with Crippen LogP contribution in [0.15, 0.2) is 48.7 Å². The minimum Gasteiger partial charge on any atom is -0.309 e. The number of nitrogens with zero attached hydrogens (tertiary/aromatic N) is 3. The van der Waals surface area contributed by atoms with Crippen molar-refractivity contribution in [3.8, 4) is 6.07 Å². The Hall–Kier alpha value is -1.60. The minimum absolute atomic E-state index is 0. The average molecular weight is 336 g/mol. The second kappa shape index (κ2) is 8.14. The van der Waals surface area contributed by atoms with Crippen molar-refractivity contribution in [2.45, 2.75) is 11.8 Å². The van der Waals surface area contributed by atoms with E-state index in [0.717, 1.165) is 17.8 Å². The Morgan fingerprint density at radius 1 is 1.18 bits per heavy atom. The third kappa shape index (κ3) is 3.98. The Labute approximate surface area is 143 Å². The molecule has 0 fully saturated rings. The number of benzene rings is 1. The van der Waals surface area contributed by atoms with Crippen LogP contribution in [0.5, 0.6) is 0 Å². The van der Waals surface area contributed by atoms with Gasteiger partial charge in [-0.25, -0.2) is 0 Å². The Kier molecular flexibility index (Phi) is 6.83. The van der Waals surface area contributed by atoms with E-state index in [1.807, 2.05) is 56.6 Å². The van der Waals surface area contributed by atoms with Crippen molar-refractivity contribution in [3.05, 3.63) is 64.9 Å². The van der Waals surface area contributed by atoms with Gasteiger partial charge in [-0.2, -0.15) is 5.26 Å². The van der Waals surface area contributed by atoms with Gasteiger partial charge in [0.25, 0.3) is 0 Å². The molecule has 0 N–H and O–H groups in total. The first-order chi connectivity index (χ1) is 10.1. The second-order valence-corrected chi connectivity index (χ2v) is 5.73. The zero-order valence-corrected chi connectivity index (χ0v) is 14.2.